The topological polar surface area (TPSA) is 81.7 Å². The van der Waals surface area contributed by atoms with Gasteiger partial charge in [-0.25, -0.2) is 4.98 Å². The van der Waals surface area contributed by atoms with Gasteiger partial charge in [-0.05, 0) is 37.1 Å². The Labute approximate surface area is 175 Å². The highest BCUT2D eigenvalue weighted by molar-refractivity contribution is 6.07. The van der Waals surface area contributed by atoms with Gasteiger partial charge in [-0.1, -0.05) is 18.2 Å². The van der Waals surface area contributed by atoms with E-state index in [-0.39, 0.29) is 12.0 Å². The molecular weight excluding hydrogens is 382 g/mol. The van der Waals surface area contributed by atoms with Crippen molar-refractivity contribution in [3.63, 3.8) is 0 Å². The van der Waals surface area contributed by atoms with E-state index in [1.54, 1.807) is 26.4 Å². The number of ether oxygens (including phenoxy) is 3. The van der Waals surface area contributed by atoms with Gasteiger partial charge in [0.1, 0.15) is 17.3 Å². The van der Waals surface area contributed by atoms with Crippen LogP contribution in [0, 0.1) is 0 Å². The van der Waals surface area contributed by atoms with Crippen LogP contribution in [0.5, 0.6) is 11.5 Å². The molecule has 2 heterocycles. The Morgan fingerprint density at radius 3 is 2.80 bits per heavy atom. The van der Waals surface area contributed by atoms with Crippen LogP contribution in [-0.2, 0) is 4.74 Å². The molecule has 1 aromatic heterocycles. The monoisotopic (exact) mass is 407 g/mol. The van der Waals surface area contributed by atoms with Gasteiger partial charge in [0.2, 0.25) is 0 Å². The number of hydrogen-bond acceptors (Lipinski definition) is 6. The minimum absolute atomic E-state index is 0.0863. The maximum absolute atomic E-state index is 13.0. The Morgan fingerprint density at radius 1 is 1.17 bits per heavy atom. The molecule has 3 aromatic rings. The molecule has 30 heavy (non-hydrogen) atoms. The molecule has 1 aliphatic heterocycles. The van der Waals surface area contributed by atoms with Gasteiger partial charge in [0, 0.05) is 24.6 Å². The molecule has 1 fully saturated rings. The van der Waals surface area contributed by atoms with E-state index >= 15 is 0 Å². The highest BCUT2D eigenvalue weighted by Gasteiger charge is 2.19. The zero-order valence-corrected chi connectivity index (χ0v) is 17.1. The molecule has 0 bridgehead atoms. The maximum atomic E-state index is 13.0. The average molecular weight is 407 g/mol. The van der Waals surface area contributed by atoms with Gasteiger partial charge in [0.25, 0.3) is 5.91 Å². The van der Waals surface area contributed by atoms with Crippen LogP contribution < -0.4 is 20.1 Å². The molecule has 156 valence electrons. The first-order valence-electron chi connectivity index (χ1n) is 9.96. The van der Waals surface area contributed by atoms with Crippen LogP contribution in [0.2, 0.25) is 0 Å². The number of rotatable bonds is 7. The molecular formula is C23H25N3O4. The van der Waals surface area contributed by atoms with Gasteiger partial charge in [-0.15, -0.1) is 0 Å². The van der Waals surface area contributed by atoms with Crippen molar-refractivity contribution in [2.45, 2.75) is 18.9 Å². The van der Waals surface area contributed by atoms with Gasteiger partial charge >= 0.3 is 0 Å². The van der Waals surface area contributed by atoms with Crippen LogP contribution in [0.1, 0.15) is 23.2 Å². The lowest BCUT2D eigenvalue weighted by atomic mass is 10.1. The quantitative estimate of drug-likeness (QED) is 0.618. The predicted octanol–water partition coefficient (Wildman–Crippen LogP) is 3.90. The van der Waals surface area contributed by atoms with Gasteiger partial charge in [0.15, 0.2) is 0 Å². The Kier molecular flexibility index (Phi) is 5.99. The van der Waals surface area contributed by atoms with E-state index in [2.05, 4.69) is 15.6 Å². The van der Waals surface area contributed by atoms with Crippen LogP contribution in [0.25, 0.3) is 10.9 Å². The molecule has 1 amide bonds. The molecule has 0 saturated carbocycles. The second kappa shape index (κ2) is 9.00. The molecule has 1 atom stereocenters. The van der Waals surface area contributed by atoms with E-state index in [0.717, 1.165) is 36.0 Å². The smallest absolute Gasteiger partial charge is 0.252 e. The number of methoxy groups -OCH3 is 2. The van der Waals surface area contributed by atoms with E-state index in [1.165, 1.54) is 0 Å². The highest BCUT2D eigenvalue weighted by Crippen LogP contribution is 2.32. The lowest BCUT2D eigenvalue weighted by molar-refractivity contribution is 0.0859. The summed E-state index contributed by atoms with van der Waals surface area (Å²) < 4.78 is 16.3. The van der Waals surface area contributed by atoms with Crippen molar-refractivity contribution < 1.29 is 19.0 Å². The number of carbonyl (C=O) groups is 1. The summed E-state index contributed by atoms with van der Waals surface area (Å²) in [5.41, 5.74) is 2.03. The molecule has 2 aromatic carbocycles. The van der Waals surface area contributed by atoms with Gasteiger partial charge in [-0.2, -0.15) is 0 Å². The summed E-state index contributed by atoms with van der Waals surface area (Å²) in [5.74, 6) is 1.72. The van der Waals surface area contributed by atoms with Crippen LogP contribution in [0.3, 0.4) is 0 Å². The first-order chi connectivity index (χ1) is 14.7. The standard InChI is InChI=1S/C23H25N3O4/c1-28-15-9-10-20(21(12-15)29-2)26-22-13-18(17-7-3-4-8-19(17)25-22)23(27)24-14-16-6-5-11-30-16/h3-4,7-10,12-13,16H,5-6,11,14H2,1-2H3,(H,24,27)(H,25,26). The van der Waals surface area contributed by atoms with E-state index in [9.17, 15) is 4.79 Å². The second-order valence-electron chi connectivity index (χ2n) is 7.11. The van der Waals surface area contributed by atoms with E-state index in [4.69, 9.17) is 14.2 Å². The van der Waals surface area contributed by atoms with Crippen LogP contribution in [0.15, 0.2) is 48.5 Å². The van der Waals surface area contributed by atoms with Crippen molar-refractivity contribution in [1.82, 2.24) is 10.3 Å². The van der Waals surface area contributed by atoms with Gasteiger partial charge < -0.3 is 24.8 Å². The minimum Gasteiger partial charge on any atom is -0.497 e. The van der Waals surface area contributed by atoms with Gasteiger partial charge in [0.05, 0.1) is 37.1 Å². The van der Waals surface area contributed by atoms with E-state index in [0.29, 0.717) is 29.4 Å². The number of anilines is 2. The molecule has 7 nitrogen and oxygen atoms in total. The van der Waals surface area contributed by atoms with Crippen molar-refractivity contribution in [1.29, 1.82) is 0 Å². The summed E-state index contributed by atoms with van der Waals surface area (Å²) in [4.78, 5) is 17.6. The number of benzene rings is 2. The largest absolute Gasteiger partial charge is 0.497 e. The molecule has 0 spiro atoms. The summed E-state index contributed by atoms with van der Waals surface area (Å²) in [5, 5.41) is 7.06. The van der Waals surface area contributed by atoms with Crippen molar-refractivity contribution in [2.24, 2.45) is 0 Å². The normalized spacial score (nSPS) is 15.7. The highest BCUT2D eigenvalue weighted by atomic mass is 16.5. The van der Waals surface area contributed by atoms with Crippen molar-refractivity contribution in [2.75, 3.05) is 32.7 Å². The van der Waals surface area contributed by atoms with Crippen molar-refractivity contribution in [3.8, 4) is 11.5 Å². The molecule has 7 heteroatoms. The summed E-state index contributed by atoms with van der Waals surface area (Å²) in [6.45, 7) is 1.26. The minimum atomic E-state index is -0.145. The van der Waals surface area contributed by atoms with Crippen molar-refractivity contribution >= 4 is 28.3 Å². The number of nitrogens with zero attached hydrogens (tertiary/aromatic N) is 1. The number of carbonyl (C=O) groups excluding carboxylic acids is 1. The number of nitrogens with one attached hydrogen (secondary N) is 2. The summed E-state index contributed by atoms with van der Waals surface area (Å²) in [6.07, 6.45) is 2.10. The SMILES string of the molecule is COc1ccc(Nc2cc(C(=O)NCC3CCCO3)c3ccccc3n2)c(OC)c1. The fourth-order valence-corrected chi connectivity index (χ4v) is 3.57. The number of aromatic nitrogens is 1. The fraction of sp³-hybridized carbons (Fsp3) is 0.304. The number of para-hydroxylation sites is 1. The summed E-state index contributed by atoms with van der Waals surface area (Å²) in [7, 11) is 3.20. The zero-order chi connectivity index (χ0) is 20.9. The predicted molar refractivity (Wildman–Crippen MR) is 116 cm³/mol. The molecule has 0 aliphatic carbocycles. The Bertz CT molecular complexity index is 1050. The molecule has 2 N–H and O–H groups in total. The lowest BCUT2D eigenvalue weighted by Gasteiger charge is -2.15. The van der Waals surface area contributed by atoms with E-state index in [1.807, 2.05) is 36.4 Å². The molecule has 4 rings (SSSR count). The Hall–Kier alpha value is -3.32. The maximum Gasteiger partial charge on any atom is 0.252 e. The molecule has 1 unspecified atom stereocenters. The van der Waals surface area contributed by atoms with Crippen LogP contribution in [-0.4, -0.2) is 44.4 Å². The number of amides is 1. The third kappa shape index (κ3) is 4.31. The Balaban J connectivity index is 1.63. The first kappa shape index (κ1) is 20.0. The van der Waals surface area contributed by atoms with Gasteiger partial charge in [-0.3, -0.25) is 4.79 Å². The van der Waals surface area contributed by atoms with Crippen LogP contribution in [0.4, 0.5) is 11.5 Å². The molecule has 1 aliphatic rings. The molecule has 1 saturated heterocycles. The van der Waals surface area contributed by atoms with Crippen molar-refractivity contribution in [3.05, 3.63) is 54.1 Å². The number of hydrogen-bond donors (Lipinski definition) is 2. The Morgan fingerprint density at radius 2 is 2.03 bits per heavy atom. The second-order valence-corrected chi connectivity index (χ2v) is 7.11. The number of fused-ring (bicyclic) bond motifs is 1. The zero-order valence-electron chi connectivity index (χ0n) is 17.1. The fourth-order valence-electron chi connectivity index (χ4n) is 3.57. The number of pyridine rings is 1. The summed E-state index contributed by atoms with van der Waals surface area (Å²) >= 11 is 0. The van der Waals surface area contributed by atoms with Crippen LogP contribution >= 0.6 is 0 Å². The summed E-state index contributed by atoms with van der Waals surface area (Å²) in [6, 6.07) is 14.8. The van der Waals surface area contributed by atoms with E-state index < -0.39 is 0 Å². The molecule has 0 radical (unpaired) electrons. The average Bonchev–Trinajstić information content (AvgIpc) is 3.31. The third-order valence-corrected chi connectivity index (χ3v) is 5.15. The first-order valence-corrected chi connectivity index (χ1v) is 9.96. The third-order valence-electron chi connectivity index (χ3n) is 5.15. The lowest BCUT2D eigenvalue weighted by Crippen LogP contribution is -2.32.